The molecule has 1 atom stereocenters. The number of aromatic nitrogens is 1. The van der Waals surface area contributed by atoms with Gasteiger partial charge in [0.2, 0.25) is 0 Å². The van der Waals surface area contributed by atoms with Gasteiger partial charge in [-0.15, -0.1) is 0 Å². The lowest BCUT2D eigenvalue weighted by molar-refractivity contribution is 0.00732. The second kappa shape index (κ2) is 5.70. The Bertz CT molecular complexity index is 875. The van der Waals surface area contributed by atoms with Crippen molar-refractivity contribution in [3.05, 3.63) is 48.0 Å². The van der Waals surface area contributed by atoms with Gasteiger partial charge in [-0.25, -0.2) is 4.79 Å². The average Bonchev–Trinajstić information content (AvgIpc) is 2.90. The Morgan fingerprint density at radius 3 is 2.74 bits per heavy atom. The second-order valence-corrected chi connectivity index (χ2v) is 6.15. The van der Waals surface area contributed by atoms with Gasteiger partial charge in [0.25, 0.3) is 0 Å². The summed E-state index contributed by atoms with van der Waals surface area (Å²) in [6.45, 7) is 1.59. The molecule has 4 nitrogen and oxygen atoms in total. The fraction of sp³-hybridized carbons (Fsp3) is 0.316. The van der Waals surface area contributed by atoms with Crippen LogP contribution in [0.15, 0.2) is 42.5 Å². The highest BCUT2D eigenvalue weighted by molar-refractivity contribution is 6.09. The molecule has 0 spiro atoms. The Morgan fingerprint density at radius 1 is 1.13 bits per heavy atom. The van der Waals surface area contributed by atoms with E-state index in [-0.39, 0.29) is 6.10 Å². The molecule has 4 heteroatoms. The second-order valence-electron chi connectivity index (χ2n) is 6.15. The Hall–Kier alpha value is -2.33. The van der Waals surface area contributed by atoms with E-state index in [1.54, 1.807) is 12.1 Å². The van der Waals surface area contributed by atoms with E-state index in [0.717, 1.165) is 47.8 Å². The van der Waals surface area contributed by atoms with Crippen LogP contribution in [0.3, 0.4) is 0 Å². The first-order valence-electron chi connectivity index (χ1n) is 8.10. The van der Waals surface area contributed by atoms with E-state index in [2.05, 4.69) is 16.7 Å². The van der Waals surface area contributed by atoms with Crippen LogP contribution in [0.1, 0.15) is 29.6 Å². The molecule has 4 rings (SSSR count). The topological polar surface area (TPSA) is 51.5 Å². The summed E-state index contributed by atoms with van der Waals surface area (Å²) in [6, 6.07) is 13.6. The first kappa shape index (κ1) is 14.3. The Balaban J connectivity index is 1.89. The predicted molar refractivity (Wildman–Crippen MR) is 90.0 cm³/mol. The molecule has 1 unspecified atom stereocenters. The van der Waals surface area contributed by atoms with Crippen LogP contribution >= 0.6 is 0 Å². The smallest absolute Gasteiger partial charge is 0.335 e. The van der Waals surface area contributed by atoms with Crippen molar-refractivity contribution in [3.63, 3.8) is 0 Å². The van der Waals surface area contributed by atoms with Crippen molar-refractivity contribution in [1.29, 1.82) is 0 Å². The Labute approximate surface area is 134 Å². The van der Waals surface area contributed by atoms with Gasteiger partial charge in [0.15, 0.2) is 0 Å². The number of benzene rings is 2. The minimum atomic E-state index is -0.891. The Kier molecular flexibility index (Phi) is 3.54. The minimum Gasteiger partial charge on any atom is -0.478 e. The van der Waals surface area contributed by atoms with Crippen molar-refractivity contribution in [1.82, 2.24) is 4.57 Å². The molecule has 1 fully saturated rings. The molecule has 0 radical (unpaired) electrons. The van der Waals surface area contributed by atoms with Crippen LogP contribution in [0.2, 0.25) is 0 Å². The zero-order valence-corrected chi connectivity index (χ0v) is 12.9. The molecule has 1 saturated heterocycles. The number of ether oxygens (including phenoxy) is 1. The maximum absolute atomic E-state index is 11.3. The molecule has 1 aliphatic rings. The van der Waals surface area contributed by atoms with Gasteiger partial charge in [0, 0.05) is 29.4 Å². The summed E-state index contributed by atoms with van der Waals surface area (Å²) in [4.78, 5) is 11.3. The highest BCUT2D eigenvalue weighted by atomic mass is 16.5. The van der Waals surface area contributed by atoms with E-state index in [0.29, 0.717) is 5.56 Å². The largest absolute Gasteiger partial charge is 0.478 e. The lowest BCUT2D eigenvalue weighted by Gasteiger charge is -2.23. The lowest BCUT2D eigenvalue weighted by atomic mass is 10.1. The van der Waals surface area contributed by atoms with Crippen molar-refractivity contribution in [3.8, 4) is 0 Å². The summed E-state index contributed by atoms with van der Waals surface area (Å²) < 4.78 is 8.11. The molecular weight excluding hydrogens is 290 g/mol. The quantitative estimate of drug-likeness (QED) is 0.793. The van der Waals surface area contributed by atoms with Gasteiger partial charge in [-0.05, 0) is 37.5 Å². The third-order valence-electron chi connectivity index (χ3n) is 4.68. The van der Waals surface area contributed by atoms with E-state index in [1.807, 2.05) is 18.2 Å². The van der Waals surface area contributed by atoms with Crippen LogP contribution in [0.4, 0.5) is 0 Å². The van der Waals surface area contributed by atoms with E-state index >= 15 is 0 Å². The number of nitrogens with zero attached hydrogens (tertiary/aromatic N) is 1. The summed E-state index contributed by atoms with van der Waals surface area (Å²) in [5, 5.41) is 11.6. The monoisotopic (exact) mass is 309 g/mol. The van der Waals surface area contributed by atoms with Gasteiger partial charge in [0.1, 0.15) is 0 Å². The fourth-order valence-electron chi connectivity index (χ4n) is 3.53. The number of fused-ring (bicyclic) bond motifs is 3. The summed E-state index contributed by atoms with van der Waals surface area (Å²) in [5.74, 6) is -0.891. The number of rotatable bonds is 3. The molecule has 2 heterocycles. The molecule has 2 aromatic carbocycles. The number of para-hydroxylation sites is 1. The summed E-state index contributed by atoms with van der Waals surface area (Å²) in [7, 11) is 0. The molecule has 1 N–H and O–H groups in total. The third kappa shape index (κ3) is 2.49. The highest BCUT2D eigenvalue weighted by Gasteiger charge is 2.18. The molecule has 1 aromatic heterocycles. The molecule has 118 valence electrons. The zero-order chi connectivity index (χ0) is 15.8. The summed E-state index contributed by atoms with van der Waals surface area (Å²) in [5.41, 5.74) is 2.44. The highest BCUT2D eigenvalue weighted by Crippen LogP contribution is 2.31. The van der Waals surface area contributed by atoms with Crippen LogP contribution in [-0.4, -0.2) is 28.4 Å². The van der Waals surface area contributed by atoms with Gasteiger partial charge in [0.05, 0.1) is 17.2 Å². The number of hydrogen-bond acceptors (Lipinski definition) is 2. The maximum atomic E-state index is 11.3. The van der Waals surface area contributed by atoms with Crippen molar-refractivity contribution in [2.75, 3.05) is 6.61 Å². The van der Waals surface area contributed by atoms with Crippen LogP contribution in [-0.2, 0) is 11.3 Å². The van der Waals surface area contributed by atoms with E-state index < -0.39 is 5.97 Å². The number of hydrogen-bond donors (Lipinski definition) is 1. The average molecular weight is 309 g/mol. The van der Waals surface area contributed by atoms with Gasteiger partial charge >= 0.3 is 5.97 Å². The van der Waals surface area contributed by atoms with Crippen LogP contribution < -0.4 is 0 Å². The van der Waals surface area contributed by atoms with E-state index in [4.69, 9.17) is 4.74 Å². The molecule has 23 heavy (non-hydrogen) atoms. The first-order valence-corrected chi connectivity index (χ1v) is 8.10. The van der Waals surface area contributed by atoms with Gasteiger partial charge in [-0.2, -0.15) is 0 Å². The molecule has 0 bridgehead atoms. The number of carboxylic acids is 1. The zero-order valence-electron chi connectivity index (χ0n) is 12.9. The predicted octanol–water partition coefficient (Wildman–Crippen LogP) is 4.06. The Morgan fingerprint density at radius 2 is 1.96 bits per heavy atom. The van der Waals surface area contributed by atoms with Crippen molar-refractivity contribution >= 4 is 27.8 Å². The number of carbonyl (C=O) groups is 1. The standard InChI is InChI=1S/C19H19NO3/c21-19(22)13-8-9-16-15-6-1-2-7-17(15)20(18(16)11-13)12-14-5-3-4-10-23-14/h1-2,6-9,11,14H,3-5,10,12H2,(H,21,22). The molecule has 0 amide bonds. The van der Waals surface area contributed by atoms with Crippen molar-refractivity contribution in [2.24, 2.45) is 0 Å². The van der Waals surface area contributed by atoms with Crippen molar-refractivity contribution < 1.29 is 14.6 Å². The molecule has 0 saturated carbocycles. The van der Waals surface area contributed by atoms with Crippen LogP contribution in [0.5, 0.6) is 0 Å². The molecule has 3 aromatic rings. The lowest BCUT2D eigenvalue weighted by Crippen LogP contribution is -2.24. The van der Waals surface area contributed by atoms with Crippen molar-refractivity contribution in [2.45, 2.75) is 31.9 Å². The first-order chi connectivity index (χ1) is 11.2. The SMILES string of the molecule is O=C(O)c1ccc2c3ccccc3n(CC3CCCCO3)c2c1. The van der Waals surface area contributed by atoms with Gasteiger partial charge in [-0.3, -0.25) is 0 Å². The van der Waals surface area contributed by atoms with E-state index in [1.165, 1.54) is 6.42 Å². The maximum Gasteiger partial charge on any atom is 0.335 e. The fourth-order valence-corrected chi connectivity index (χ4v) is 3.53. The summed E-state index contributed by atoms with van der Waals surface area (Å²) >= 11 is 0. The normalized spacial score (nSPS) is 18.5. The van der Waals surface area contributed by atoms with Gasteiger partial charge < -0.3 is 14.4 Å². The van der Waals surface area contributed by atoms with E-state index in [9.17, 15) is 9.90 Å². The van der Waals surface area contributed by atoms with Gasteiger partial charge in [-0.1, -0.05) is 24.3 Å². The third-order valence-corrected chi connectivity index (χ3v) is 4.68. The number of aromatic carboxylic acids is 1. The van der Waals surface area contributed by atoms with Crippen LogP contribution in [0, 0.1) is 0 Å². The minimum absolute atomic E-state index is 0.205. The summed E-state index contributed by atoms with van der Waals surface area (Å²) in [6.07, 6.45) is 3.60. The number of carboxylic acid groups (broad SMARTS) is 1. The molecule has 1 aliphatic heterocycles. The van der Waals surface area contributed by atoms with Crippen LogP contribution in [0.25, 0.3) is 21.8 Å². The molecular formula is C19H19NO3. The molecule has 0 aliphatic carbocycles.